The number of hydrogen-bond donors (Lipinski definition) is 1. The summed E-state index contributed by atoms with van der Waals surface area (Å²) in [4.78, 5) is 0. The van der Waals surface area contributed by atoms with Gasteiger partial charge in [-0.15, -0.1) is 0 Å². The molecule has 1 aliphatic rings. The minimum Gasteiger partial charge on any atom is -0.310 e. The van der Waals surface area contributed by atoms with Gasteiger partial charge in [0.2, 0.25) is 0 Å². The first-order valence-corrected chi connectivity index (χ1v) is 8.47. The SMILES string of the molecule is CSC1CCC(NCc2cc(Br)ccc2F)CC1. The van der Waals surface area contributed by atoms with E-state index in [-0.39, 0.29) is 5.82 Å². The normalized spacial score (nSPS) is 24.2. The van der Waals surface area contributed by atoms with Crippen LogP contribution in [0.15, 0.2) is 22.7 Å². The Morgan fingerprint density at radius 1 is 1.33 bits per heavy atom. The van der Waals surface area contributed by atoms with Crippen LogP contribution >= 0.6 is 27.7 Å². The Morgan fingerprint density at radius 3 is 2.72 bits per heavy atom. The van der Waals surface area contributed by atoms with Gasteiger partial charge in [0, 0.05) is 27.9 Å². The molecule has 0 heterocycles. The molecular weight excluding hydrogens is 313 g/mol. The minimum atomic E-state index is -0.122. The van der Waals surface area contributed by atoms with E-state index in [9.17, 15) is 4.39 Å². The Bertz CT molecular complexity index is 391. The molecule has 0 spiro atoms. The topological polar surface area (TPSA) is 12.0 Å². The molecule has 1 aliphatic carbocycles. The molecule has 4 heteroatoms. The summed E-state index contributed by atoms with van der Waals surface area (Å²) >= 11 is 5.35. The van der Waals surface area contributed by atoms with Crippen molar-refractivity contribution in [3.8, 4) is 0 Å². The zero-order chi connectivity index (χ0) is 13.0. The molecule has 0 aromatic heterocycles. The molecule has 0 bridgehead atoms. The van der Waals surface area contributed by atoms with Gasteiger partial charge in [-0.1, -0.05) is 15.9 Å². The summed E-state index contributed by atoms with van der Waals surface area (Å²) in [6.07, 6.45) is 7.16. The maximum Gasteiger partial charge on any atom is 0.127 e. The molecule has 100 valence electrons. The number of rotatable bonds is 4. The van der Waals surface area contributed by atoms with Crippen molar-refractivity contribution < 1.29 is 4.39 Å². The van der Waals surface area contributed by atoms with Crippen LogP contribution in [0.5, 0.6) is 0 Å². The second-order valence-corrected chi connectivity index (χ2v) is 6.88. The van der Waals surface area contributed by atoms with Gasteiger partial charge in [-0.25, -0.2) is 4.39 Å². The molecule has 1 fully saturated rings. The van der Waals surface area contributed by atoms with Gasteiger partial charge in [0.15, 0.2) is 0 Å². The van der Waals surface area contributed by atoms with E-state index >= 15 is 0 Å². The summed E-state index contributed by atoms with van der Waals surface area (Å²) in [7, 11) is 0. The largest absolute Gasteiger partial charge is 0.310 e. The van der Waals surface area contributed by atoms with E-state index in [0.29, 0.717) is 12.6 Å². The Kier molecular flexibility index (Phi) is 5.52. The Labute approximate surface area is 121 Å². The van der Waals surface area contributed by atoms with Crippen molar-refractivity contribution in [1.82, 2.24) is 5.32 Å². The van der Waals surface area contributed by atoms with Gasteiger partial charge in [-0.3, -0.25) is 0 Å². The lowest BCUT2D eigenvalue weighted by Crippen LogP contribution is -2.33. The average Bonchev–Trinajstić information content (AvgIpc) is 2.40. The number of thioether (sulfide) groups is 1. The van der Waals surface area contributed by atoms with Gasteiger partial charge < -0.3 is 5.32 Å². The first-order chi connectivity index (χ1) is 8.69. The molecule has 0 atom stereocenters. The summed E-state index contributed by atoms with van der Waals surface area (Å²) in [6.45, 7) is 0.625. The molecule has 1 aromatic carbocycles. The molecule has 1 saturated carbocycles. The fourth-order valence-corrected chi connectivity index (χ4v) is 3.59. The number of halogens is 2. The monoisotopic (exact) mass is 331 g/mol. The van der Waals surface area contributed by atoms with Crippen LogP contribution in [0.2, 0.25) is 0 Å². The zero-order valence-corrected chi connectivity index (χ0v) is 13.0. The van der Waals surface area contributed by atoms with Crippen LogP contribution in [0, 0.1) is 5.82 Å². The summed E-state index contributed by atoms with van der Waals surface area (Å²) < 4.78 is 14.5. The number of nitrogens with one attached hydrogen (secondary N) is 1. The van der Waals surface area contributed by atoms with E-state index in [2.05, 4.69) is 27.5 Å². The van der Waals surface area contributed by atoms with E-state index in [0.717, 1.165) is 15.3 Å². The van der Waals surface area contributed by atoms with E-state index in [4.69, 9.17) is 0 Å². The quantitative estimate of drug-likeness (QED) is 0.880. The molecule has 0 radical (unpaired) electrons. The molecule has 18 heavy (non-hydrogen) atoms. The van der Waals surface area contributed by atoms with E-state index in [1.54, 1.807) is 6.07 Å². The summed E-state index contributed by atoms with van der Waals surface area (Å²) in [5.74, 6) is -0.122. The maximum absolute atomic E-state index is 13.6. The van der Waals surface area contributed by atoms with Crippen molar-refractivity contribution >= 4 is 27.7 Å². The van der Waals surface area contributed by atoms with Crippen LogP contribution in [-0.2, 0) is 6.54 Å². The lowest BCUT2D eigenvalue weighted by molar-refractivity contribution is 0.376. The highest BCUT2D eigenvalue weighted by molar-refractivity contribution is 9.10. The predicted molar refractivity (Wildman–Crippen MR) is 80.5 cm³/mol. The summed E-state index contributed by atoms with van der Waals surface area (Å²) in [6, 6.07) is 5.66. The molecule has 2 rings (SSSR count). The molecule has 1 aromatic rings. The predicted octanol–water partition coefficient (Wildman–Crippen LogP) is 4.35. The lowest BCUT2D eigenvalue weighted by atomic mass is 9.95. The number of benzene rings is 1. The maximum atomic E-state index is 13.6. The van der Waals surface area contributed by atoms with Crippen LogP contribution in [0.4, 0.5) is 4.39 Å². The van der Waals surface area contributed by atoms with Gasteiger partial charge >= 0.3 is 0 Å². The second kappa shape index (κ2) is 6.92. The number of hydrogen-bond acceptors (Lipinski definition) is 2. The van der Waals surface area contributed by atoms with Crippen LogP contribution in [-0.4, -0.2) is 17.5 Å². The molecular formula is C14H19BrFNS. The Morgan fingerprint density at radius 2 is 2.06 bits per heavy atom. The molecule has 0 unspecified atom stereocenters. The van der Waals surface area contributed by atoms with E-state index < -0.39 is 0 Å². The van der Waals surface area contributed by atoms with Crippen molar-refractivity contribution in [2.75, 3.05) is 6.26 Å². The third-order valence-corrected chi connectivity index (χ3v) is 5.23. The Balaban J connectivity index is 1.83. The fraction of sp³-hybridized carbons (Fsp3) is 0.571. The van der Waals surface area contributed by atoms with Crippen LogP contribution in [0.3, 0.4) is 0 Å². The highest BCUT2D eigenvalue weighted by Gasteiger charge is 2.20. The van der Waals surface area contributed by atoms with Crippen molar-refractivity contribution in [3.05, 3.63) is 34.1 Å². The third kappa shape index (κ3) is 3.97. The Hall–Kier alpha value is -0.0600. The fourth-order valence-electron chi connectivity index (χ4n) is 2.44. The second-order valence-electron chi connectivity index (χ2n) is 4.83. The van der Waals surface area contributed by atoms with Gasteiger partial charge in [0.05, 0.1) is 0 Å². The standard InChI is InChI=1S/C14H19BrFNS/c1-18-13-5-3-12(4-6-13)17-9-10-8-11(15)2-7-14(10)16/h2,7-8,12-13,17H,3-6,9H2,1H3. The average molecular weight is 332 g/mol. The van der Waals surface area contributed by atoms with Gasteiger partial charge in [-0.2, -0.15) is 11.8 Å². The first kappa shape index (κ1) is 14.4. The van der Waals surface area contributed by atoms with Gasteiger partial charge in [0.1, 0.15) is 5.82 Å². The molecule has 0 amide bonds. The smallest absolute Gasteiger partial charge is 0.127 e. The van der Waals surface area contributed by atoms with Crippen molar-refractivity contribution in [2.45, 2.75) is 43.5 Å². The van der Waals surface area contributed by atoms with Crippen LogP contribution < -0.4 is 5.32 Å². The summed E-state index contributed by atoms with van der Waals surface area (Å²) in [5.41, 5.74) is 0.747. The van der Waals surface area contributed by atoms with Crippen LogP contribution in [0.1, 0.15) is 31.2 Å². The van der Waals surface area contributed by atoms with Gasteiger partial charge in [-0.05, 0) is 50.1 Å². The van der Waals surface area contributed by atoms with Crippen molar-refractivity contribution in [3.63, 3.8) is 0 Å². The molecule has 0 saturated heterocycles. The first-order valence-electron chi connectivity index (χ1n) is 6.39. The van der Waals surface area contributed by atoms with Gasteiger partial charge in [0.25, 0.3) is 0 Å². The third-order valence-electron chi connectivity index (χ3n) is 3.60. The highest BCUT2D eigenvalue weighted by atomic mass is 79.9. The van der Waals surface area contributed by atoms with Crippen LogP contribution in [0.25, 0.3) is 0 Å². The van der Waals surface area contributed by atoms with E-state index in [1.807, 2.05) is 17.8 Å². The highest BCUT2D eigenvalue weighted by Crippen LogP contribution is 2.27. The molecule has 1 nitrogen and oxygen atoms in total. The molecule has 1 N–H and O–H groups in total. The zero-order valence-electron chi connectivity index (χ0n) is 10.6. The minimum absolute atomic E-state index is 0.122. The van der Waals surface area contributed by atoms with Crippen molar-refractivity contribution in [2.24, 2.45) is 0 Å². The van der Waals surface area contributed by atoms with Crippen molar-refractivity contribution in [1.29, 1.82) is 0 Å². The molecule has 0 aliphatic heterocycles. The summed E-state index contributed by atoms with van der Waals surface area (Å²) in [5, 5.41) is 4.31. The van der Waals surface area contributed by atoms with E-state index in [1.165, 1.54) is 31.7 Å². The lowest BCUT2D eigenvalue weighted by Gasteiger charge is -2.28.